The summed E-state index contributed by atoms with van der Waals surface area (Å²) < 4.78 is 5.38. The summed E-state index contributed by atoms with van der Waals surface area (Å²) in [4.78, 5) is 12.5. The highest BCUT2D eigenvalue weighted by Gasteiger charge is 2.50. The Morgan fingerprint density at radius 3 is 2.71 bits per heavy atom. The summed E-state index contributed by atoms with van der Waals surface area (Å²) >= 11 is 0. The first-order valence-electron chi connectivity index (χ1n) is 8.14. The smallest absolute Gasteiger partial charge is 0.230 e. The van der Waals surface area contributed by atoms with Gasteiger partial charge in [0.2, 0.25) is 5.91 Å². The molecule has 1 saturated carbocycles. The Kier molecular flexibility index (Phi) is 4.29. The first kappa shape index (κ1) is 14.6. The molecule has 1 unspecified atom stereocenters. The van der Waals surface area contributed by atoms with Gasteiger partial charge in [-0.15, -0.1) is 0 Å². The third-order valence-corrected chi connectivity index (χ3v) is 4.89. The standard InChI is InChI=1S/C18H25NO2/c1-14-4-6-16(7-5-14)18(9-10-18)17(20)19-11-2-3-15-8-12-21-13-15/h4-7,15H,2-3,8-13H2,1H3,(H,19,20). The Balaban J connectivity index is 1.47. The molecule has 0 bridgehead atoms. The molecule has 3 rings (SSSR count). The Bertz CT molecular complexity index is 484. The van der Waals surface area contributed by atoms with Crippen LogP contribution in [-0.4, -0.2) is 25.7 Å². The van der Waals surface area contributed by atoms with Crippen molar-refractivity contribution in [1.82, 2.24) is 5.32 Å². The number of benzene rings is 1. The number of hydrogen-bond acceptors (Lipinski definition) is 2. The minimum Gasteiger partial charge on any atom is -0.381 e. The van der Waals surface area contributed by atoms with E-state index in [-0.39, 0.29) is 11.3 Å². The Morgan fingerprint density at radius 2 is 2.10 bits per heavy atom. The van der Waals surface area contributed by atoms with Crippen molar-refractivity contribution in [3.8, 4) is 0 Å². The monoisotopic (exact) mass is 287 g/mol. The minimum absolute atomic E-state index is 0.217. The normalized spacial score (nSPS) is 23.0. The van der Waals surface area contributed by atoms with Crippen molar-refractivity contribution in [1.29, 1.82) is 0 Å². The molecule has 0 aromatic heterocycles. The maximum Gasteiger partial charge on any atom is 0.230 e. The van der Waals surface area contributed by atoms with E-state index in [1.54, 1.807) is 0 Å². The number of carbonyl (C=O) groups excluding carboxylic acids is 1. The number of amides is 1. The molecule has 21 heavy (non-hydrogen) atoms. The predicted octanol–water partition coefficient (Wildman–Crippen LogP) is 2.96. The number of carbonyl (C=O) groups is 1. The zero-order valence-electron chi connectivity index (χ0n) is 12.9. The van der Waals surface area contributed by atoms with E-state index in [1.165, 1.54) is 17.5 Å². The number of nitrogens with one attached hydrogen (secondary N) is 1. The Morgan fingerprint density at radius 1 is 1.33 bits per heavy atom. The molecule has 0 spiro atoms. The summed E-state index contributed by atoms with van der Waals surface area (Å²) in [6.07, 6.45) is 5.37. The topological polar surface area (TPSA) is 38.3 Å². The minimum atomic E-state index is -0.232. The summed E-state index contributed by atoms with van der Waals surface area (Å²) in [5.41, 5.74) is 2.19. The zero-order chi connectivity index (χ0) is 14.7. The second kappa shape index (κ2) is 6.18. The molecule has 1 aromatic carbocycles. The number of ether oxygens (including phenoxy) is 1. The summed E-state index contributed by atoms with van der Waals surface area (Å²) in [6.45, 7) is 4.69. The molecule has 1 saturated heterocycles. The number of rotatable bonds is 6. The fourth-order valence-electron chi connectivity index (χ4n) is 3.22. The third kappa shape index (κ3) is 3.29. The number of aryl methyl sites for hydroxylation is 1. The van der Waals surface area contributed by atoms with Gasteiger partial charge in [-0.3, -0.25) is 4.79 Å². The number of hydrogen-bond donors (Lipinski definition) is 1. The molecular formula is C18H25NO2. The van der Waals surface area contributed by atoms with Crippen molar-refractivity contribution in [3.63, 3.8) is 0 Å². The summed E-state index contributed by atoms with van der Waals surface area (Å²) in [5.74, 6) is 0.919. The molecule has 1 atom stereocenters. The zero-order valence-corrected chi connectivity index (χ0v) is 12.9. The average Bonchev–Trinajstić information content (AvgIpc) is 3.14. The summed E-state index contributed by atoms with van der Waals surface area (Å²) in [5, 5.41) is 3.14. The Labute approximate surface area is 127 Å². The van der Waals surface area contributed by atoms with Crippen LogP contribution in [-0.2, 0) is 14.9 Å². The predicted molar refractivity (Wildman–Crippen MR) is 83.3 cm³/mol. The van der Waals surface area contributed by atoms with Gasteiger partial charge >= 0.3 is 0 Å². The maximum absolute atomic E-state index is 12.5. The van der Waals surface area contributed by atoms with Crippen LogP contribution < -0.4 is 5.32 Å². The van der Waals surface area contributed by atoms with Crippen LogP contribution in [0.15, 0.2) is 24.3 Å². The lowest BCUT2D eigenvalue weighted by atomic mass is 9.94. The molecule has 1 aliphatic carbocycles. The van der Waals surface area contributed by atoms with Crippen molar-refractivity contribution in [2.24, 2.45) is 5.92 Å². The molecule has 114 valence electrons. The lowest BCUT2D eigenvalue weighted by Crippen LogP contribution is -2.35. The van der Waals surface area contributed by atoms with E-state index in [1.807, 2.05) is 0 Å². The largest absolute Gasteiger partial charge is 0.381 e. The van der Waals surface area contributed by atoms with Gasteiger partial charge in [0.05, 0.1) is 5.41 Å². The van der Waals surface area contributed by atoms with Crippen LogP contribution in [0.3, 0.4) is 0 Å². The first-order valence-corrected chi connectivity index (χ1v) is 8.14. The summed E-state index contributed by atoms with van der Waals surface area (Å²) in [7, 11) is 0. The first-order chi connectivity index (χ1) is 10.2. The molecule has 2 aliphatic rings. The molecule has 1 aromatic rings. The average molecular weight is 287 g/mol. The van der Waals surface area contributed by atoms with Gasteiger partial charge in [0.15, 0.2) is 0 Å². The van der Waals surface area contributed by atoms with Gasteiger partial charge in [-0.25, -0.2) is 0 Å². The highest BCUT2D eigenvalue weighted by atomic mass is 16.5. The van der Waals surface area contributed by atoms with E-state index in [0.29, 0.717) is 5.92 Å². The van der Waals surface area contributed by atoms with Crippen LogP contribution in [0, 0.1) is 12.8 Å². The van der Waals surface area contributed by atoms with Gasteiger partial charge in [-0.2, -0.15) is 0 Å². The molecule has 1 N–H and O–H groups in total. The van der Waals surface area contributed by atoms with E-state index >= 15 is 0 Å². The maximum atomic E-state index is 12.5. The molecule has 1 heterocycles. The molecule has 0 radical (unpaired) electrons. The molecule has 2 fully saturated rings. The van der Waals surface area contributed by atoms with Gasteiger partial charge in [-0.05, 0) is 50.5 Å². The fourth-order valence-corrected chi connectivity index (χ4v) is 3.22. The van der Waals surface area contributed by atoms with E-state index in [2.05, 4.69) is 36.5 Å². The van der Waals surface area contributed by atoms with E-state index in [9.17, 15) is 4.79 Å². The van der Waals surface area contributed by atoms with Crippen molar-refractivity contribution in [2.75, 3.05) is 19.8 Å². The Hall–Kier alpha value is -1.35. The second-order valence-corrected chi connectivity index (χ2v) is 6.58. The third-order valence-electron chi connectivity index (χ3n) is 4.89. The van der Waals surface area contributed by atoms with E-state index in [4.69, 9.17) is 4.74 Å². The van der Waals surface area contributed by atoms with E-state index < -0.39 is 0 Å². The van der Waals surface area contributed by atoms with Crippen molar-refractivity contribution >= 4 is 5.91 Å². The quantitative estimate of drug-likeness (QED) is 0.817. The van der Waals surface area contributed by atoms with Crippen LogP contribution >= 0.6 is 0 Å². The molecule has 3 heteroatoms. The van der Waals surface area contributed by atoms with Crippen LogP contribution in [0.2, 0.25) is 0 Å². The molecule has 1 amide bonds. The van der Waals surface area contributed by atoms with Gasteiger partial charge in [0.25, 0.3) is 0 Å². The molecule has 3 nitrogen and oxygen atoms in total. The van der Waals surface area contributed by atoms with Crippen LogP contribution in [0.4, 0.5) is 0 Å². The molecular weight excluding hydrogens is 262 g/mol. The van der Waals surface area contributed by atoms with Crippen molar-refractivity contribution in [2.45, 2.75) is 44.4 Å². The van der Waals surface area contributed by atoms with Crippen LogP contribution in [0.1, 0.15) is 43.2 Å². The van der Waals surface area contributed by atoms with Crippen molar-refractivity contribution < 1.29 is 9.53 Å². The highest BCUT2D eigenvalue weighted by Crippen LogP contribution is 2.48. The molecule has 1 aliphatic heterocycles. The van der Waals surface area contributed by atoms with Gasteiger partial charge < -0.3 is 10.1 Å². The van der Waals surface area contributed by atoms with Crippen LogP contribution in [0.25, 0.3) is 0 Å². The van der Waals surface area contributed by atoms with Crippen molar-refractivity contribution in [3.05, 3.63) is 35.4 Å². The summed E-state index contributed by atoms with van der Waals surface area (Å²) in [6, 6.07) is 8.42. The van der Waals surface area contributed by atoms with Crippen LogP contribution in [0.5, 0.6) is 0 Å². The highest BCUT2D eigenvalue weighted by molar-refractivity contribution is 5.91. The lowest BCUT2D eigenvalue weighted by Gasteiger charge is -2.16. The lowest BCUT2D eigenvalue weighted by molar-refractivity contribution is -0.123. The van der Waals surface area contributed by atoms with E-state index in [0.717, 1.165) is 45.4 Å². The van der Waals surface area contributed by atoms with Gasteiger partial charge in [0.1, 0.15) is 0 Å². The van der Waals surface area contributed by atoms with Gasteiger partial charge in [0, 0.05) is 19.8 Å². The van der Waals surface area contributed by atoms with Gasteiger partial charge in [-0.1, -0.05) is 29.8 Å². The second-order valence-electron chi connectivity index (χ2n) is 6.58. The SMILES string of the molecule is Cc1ccc(C2(C(=O)NCCCC3CCOC3)CC2)cc1. The fraction of sp³-hybridized carbons (Fsp3) is 0.611.